The number of nitrogens with zero attached hydrogens (tertiary/aromatic N) is 1. The molecule has 0 bridgehead atoms. The standard InChI is InChI=1S/C25H25NO6/c1-3-31-23(28)14-13-21(27)15-22(25(30)32-4-2)24(29)20-11-9-19(10-12-20)18-7-5-17(16-26)6-8-18/h5-12,22H,3-4,13-15H2,1-2H3. The molecule has 1 atom stereocenters. The quantitative estimate of drug-likeness (QED) is 0.299. The molecule has 0 amide bonds. The number of esters is 2. The topological polar surface area (TPSA) is 111 Å². The number of ether oxygens (including phenoxy) is 2. The first-order valence-electron chi connectivity index (χ1n) is 10.4. The highest BCUT2D eigenvalue weighted by atomic mass is 16.5. The van der Waals surface area contributed by atoms with E-state index in [4.69, 9.17) is 14.7 Å². The zero-order chi connectivity index (χ0) is 23.5. The van der Waals surface area contributed by atoms with Gasteiger partial charge in [-0.25, -0.2) is 0 Å². The molecule has 1 unspecified atom stereocenters. The van der Waals surface area contributed by atoms with Gasteiger partial charge in [0.25, 0.3) is 0 Å². The zero-order valence-electron chi connectivity index (χ0n) is 18.1. The molecule has 0 aliphatic rings. The Bertz CT molecular complexity index is 1000. The van der Waals surface area contributed by atoms with Gasteiger partial charge in [0.15, 0.2) is 5.78 Å². The average molecular weight is 435 g/mol. The fraction of sp³-hybridized carbons (Fsp3) is 0.320. The lowest BCUT2D eigenvalue weighted by Gasteiger charge is -2.14. The monoisotopic (exact) mass is 435 g/mol. The molecule has 0 N–H and O–H groups in total. The molecule has 0 aromatic heterocycles. The Morgan fingerprint density at radius 3 is 1.94 bits per heavy atom. The van der Waals surface area contributed by atoms with E-state index < -0.39 is 29.4 Å². The van der Waals surface area contributed by atoms with Crippen LogP contribution in [0.2, 0.25) is 0 Å². The fourth-order valence-corrected chi connectivity index (χ4v) is 3.10. The summed E-state index contributed by atoms with van der Waals surface area (Å²) in [5.41, 5.74) is 2.53. The number of nitriles is 1. The van der Waals surface area contributed by atoms with Crippen LogP contribution in [0.15, 0.2) is 48.5 Å². The van der Waals surface area contributed by atoms with E-state index in [0.29, 0.717) is 5.56 Å². The van der Waals surface area contributed by atoms with E-state index in [1.807, 2.05) is 0 Å². The van der Waals surface area contributed by atoms with Crippen molar-refractivity contribution in [2.75, 3.05) is 13.2 Å². The molecule has 166 valence electrons. The third-order valence-corrected chi connectivity index (χ3v) is 4.75. The van der Waals surface area contributed by atoms with E-state index >= 15 is 0 Å². The van der Waals surface area contributed by atoms with Gasteiger partial charge in [0.05, 0.1) is 31.3 Å². The molecule has 2 aromatic carbocycles. The van der Waals surface area contributed by atoms with Crippen molar-refractivity contribution in [1.82, 2.24) is 0 Å². The van der Waals surface area contributed by atoms with Crippen molar-refractivity contribution < 1.29 is 28.7 Å². The van der Waals surface area contributed by atoms with Crippen LogP contribution in [0, 0.1) is 17.2 Å². The second-order valence-corrected chi connectivity index (χ2v) is 6.98. The van der Waals surface area contributed by atoms with Gasteiger partial charge < -0.3 is 9.47 Å². The van der Waals surface area contributed by atoms with Crippen LogP contribution in [0.5, 0.6) is 0 Å². The summed E-state index contributed by atoms with van der Waals surface area (Å²) in [5.74, 6) is -3.44. The molecule has 32 heavy (non-hydrogen) atoms. The summed E-state index contributed by atoms with van der Waals surface area (Å²) in [6.45, 7) is 3.59. The lowest BCUT2D eigenvalue weighted by Crippen LogP contribution is -2.29. The van der Waals surface area contributed by atoms with E-state index in [1.165, 1.54) is 0 Å². The average Bonchev–Trinajstić information content (AvgIpc) is 2.81. The lowest BCUT2D eigenvalue weighted by atomic mass is 9.91. The van der Waals surface area contributed by atoms with Crippen LogP contribution in [-0.4, -0.2) is 36.7 Å². The maximum Gasteiger partial charge on any atom is 0.317 e. The molecule has 2 aromatic rings. The van der Waals surface area contributed by atoms with Gasteiger partial charge in [0, 0.05) is 18.4 Å². The smallest absolute Gasteiger partial charge is 0.317 e. The predicted molar refractivity (Wildman–Crippen MR) is 117 cm³/mol. The van der Waals surface area contributed by atoms with Gasteiger partial charge in [-0.15, -0.1) is 0 Å². The largest absolute Gasteiger partial charge is 0.466 e. The molecular formula is C25H25NO6. The summed E-state index contributed by atoms with van der Waals surface area (Å²) in [5, 5.41) is 8.91. The first-order chi connectivity index (χ1) is 15.4. The van der Waals surface area contributed by atoms with E-state index in [1.54, 1.807) is 62.4 Å². The Kier molecular flexibility index (Phi) is 9.30. The number of hydrogen-bond donors (Lipinski definition) is 0. The molecule has 0 heterocycles. The molecule has 0 aliphatic heterocycles. The number of rotatable bonds is 11. The second kappa shape index (κ2) is 12.2. The fourth-order valence-electron chi connectivity index (χ4n) is 3.10. The van der Waals surface area contributed by atoms with Crippen molar-refractivity contribution in [3.63, 3.8) is 0 Å². The molecule has 0 fully saturated rings. The molecule has 0 spiro atoms. The second-order valence-electron chi connectivity index (χ2n) is 6.98. The van der Waals surface area contributed by atoms with Crippen LogP contribution in [0.25, 0.3) is 11.1 Å². The summed E-state index contributed by atoms with van der Waals surface area (Å²) < 4.78 is 9.79. The number of carbonyl (C=O) groups excluding carboxylic acids is 4. The Labute approximate surface area is 186 Å². The Hall–Kier alpha value is -3.79. The Balaban J connectivity index is 2.14. The Morgan fingerprint density at radius 1 is 0.844 bits per heavy atom. The number of hydrogen-bond acceptors (Lipinski definition) is 7. The summed E-state index contributed by atoms with van der Waals surface area (Å²) in [6, 6.07) is 15.7. The van der Waals surface area contributed by atoms with Crippen LogP contribution in [0.4, 0.5) is 0 Å². The van der Waals surface area contributed by atoms with Crippen molar-refractivity contribution in [3.8, 4) is 17.2 Å². The van der Waals surface area contributed by atoms with Crippen molar-refractivity contribution in [3.05, 3.63) is 59.7 Å². The zero-order valence-corrected chi connectivity index (χ0v) is 18.1. The Morgan fingerprint density at radius 2 is 1.41 bits per heavy atom. The van der Waals surface area contributed by atoms with Crippen LogP contribution < -0.4 is 0 Å². The van der Waals surface area contributed by atoms with Gasteiger partial charge >= 0.3 is 11.9 Å². The number of benzene rings is 2. The molecular weight excluding hydrogens is 410 g/mol. The molecule has 0 radical (unpaired) electrons. The van der Waals surface area contributed by atoms with Gasteiger partial charge in [-0.1, -0.05) is 36.4 Å². The van der Waals surface area contributed by atoms with Gasteiger partial charge in [0.2, 0.25) is 0 Å². The number of Topliss-reactive ketones (excluding diaryl/α,β-unsaturated/α-hetero) is 2. The van der Waals surface area contributed by atoms with Crippen LogP contribution >= 0.6 is 0 Å². The minimum Gasteiger partial charge on any atom is -0.466 e. The highest BCUT2D eigenvalue weighted by Crippen LogP contribution is 2.23. The number of ketones is 2. The third kappa shape index (κ3) is 6.88. The van der Waals surface area contributed by atoms with Crippen LogP contribution in [0.3, 0.4) is 0 Å². The van der Waals surface area contributed by atoms with Crippen molar-refractivity contribution in [1.29, 1.82) is 5.26 Å². The summed E-state index contributed by atoms with van der Waals surface area (Å²) >= 11 is 0. The molecule has 0 saturated heterocycles. The van der Waals surface area contributed by atoms with Gasteiger partial charge in [0.1, 0.15) is 11.7 Å². The van der Waals surface area contributed by atoms with Crippen LogP contribution in [-0.2, 0) is 23.9 Å². The van der Waals surface area contributed by atoms with E-state index in [2.05, 4.69) is 6.07 Å². The molecule has 7 nitrogen and oxygen atoms in total. The predicted octanol–water partition coefficient (Wildman–Crippen LogP) is 3.89. The highest BCUT2D eigenvalue weighted by Gasteiger charge is 2.31. The summed E-state index contributed by atoms with van der Waals surface area (Å²) in [4.78, 5) is 49.1. The first kappa shape index (κ1) is 24.5. The van der Waals surface area contributed by atoms with Crippen molar-refractivity contribution in [2.24, 2.45) is 5.92 Å². The summed E-state index contributed by atoms with van der Waals surface area (Å²) in [6.07, 6.45) is -0.552. The van der Waals surface area contributed by atoms with E-state index in [0.717, 1.165) is 11.1 Å². The van der Waals surface area contributed by atoms with Gasteiger partial charge in [-0.2, -0.15) is 5.26 Å². The number of carbonyl (C=O) groups is 4. The van der Waals surface area contributed by atoms with Gasteiger partial charge in [-0.3, -0.25) is 19.2 Å². The minimum absolute atomic E-state index is 0.0806. The van der Waals surface area contributed by atoms with E-state index in [-0.39, 0.29) is 38.0 Å². The molecule has 0 aliphatic carbocycles. The third-order valence-electron chi connectivity index (χ3n) is 4.75. The maximum absolute atomic E-state index is 13.0. The molecule has 7 heteroatoms. The maximum atomic E-state index is 13.0. The minimum atomic E-state index is -1.27. The van der Waals surface area contributed by atoms with Gasteiger partial charge in [-0.05, 0) is 37.1 Å². The van der Waals surface area contributed by atoms with E-state index in [9.17, 15) is 19.2 Å². The molecule has 2 rings (SSSR count). The first-order valence-corrected chi connectivity index (χ1v) is 10.4. The normalized spacial score (nSPS) is 11.2. The SMILES string of the molecule is CCOC(=O)CCC(=O)CC(C(=O)OCC)C(=O)c1ccc(-c2ccc(C#N)cc2)cc1. The van der Waals surface area contributed by atoms with Crippen molar-refractivity contribution >= 4 is 23.5 Å². The summed E-state index contributed by atoms with van der Waals surface area (Å²) in [7, 11) is 0. The lowest BCUT2D eigenvalue weighted by molar-refractivity contribution is -0.147. The highest BCUT2D eigenvalue weighted by molar-refractivity contribution is 6.10. The molecule has 0 saturated carbocycles. The van der Waals surface area contributed by atoms with Crippen LogP contribution in [0.1, 0.15) is 49.0 Å². The van der Waals surface area contributed by atoms with Crippen molar-refractivity contribution in [2.45, 2.75) is 33.1 Å².